The van der Waals surface area contributed by atoms with Crippen molar-refractivity contribution >= 4 is 17.4 Å². The number of piperidine rings is 1. The van der Waals surface area contributed by atoms with E-state index in [1.807, 2.05) is 36.4 Å². The van der Waals surface area contributed by atoms with Crippen molar-refractivity contribution < 1.29 is 9.21 Å². The summed E-state index contributed by atoms with van der Waals surface area (Å²) in [5, 5.41) is 11.7. The fourth-order valence-electron chi connectivity index (χ4n) is 3.52. The molecular weight excluding hydrogens is 352 g/mol. The molecule has 0 spiro atoms. The number of carbonyl (C=O) groups excluding carboxylic acids is 1. The Balaban J connectivity index is 1.40. The maximum atomic E-state index is 12.7. The minimum absolute atomic E-state index is 0.0637. The van der Waals surface area contributed by atoms with E-state index >= 15 is 0 Å². The van der Waals surface area contributed by atoms with E-state index in [1.54, 1.807) is 6.26 Å². The lowest BCUT2D eigenvalue weighted by atomic mass is 9.97. The van der Waals surface area contributed by atoms with Crippen LogP contribution in [0.4, 0.5) is 11.5 Å². The SMILES string of the molecule is CCc1ccc(NC(=O)C2CCCN(c3ccc(-c4ccco4)nn3)C2)cc1. The summed E-state index contributed by atoms with van der Waals surface area (Å²) < 4.78 is 5.36. The van der Waals surface area contributed by atoms with Crippen LogP contribution in [0, 0.1) is 5.92 Å². The summed E-state index contributed by atoms with van der Waals surface area (Å²) in [6.07, 6.45) is 4.45. The van der Waals surface area contributed by atoms with Crippen molar-refractivity contribution in [1.82, 2.24) is 10.2 Å². The fourth-order valence-corrected chi connectivity index (χ4v) is 3.52. The highest BCUT2D eigenvalue weighted by Crippen LogP contribution is 2.24. The Kier molecular flexibility index (Phi) is 5.37. The first kappa shape index (κ1) is 18.2. The molecule has 1 aromatic carbocycles. The Labute approximate surface area is 164 Å². The molecule has 1 saturated heterocycles. The molecule has 2 aromatic heterocycles. The van der Waals surface area contributed by atoms with Gasteiger partial charge in [-0.1, -0.05) is 19.1 Å². The number of benzene rings is 1. The first-order valence-electron chi connectivity index (χ1n) is 9.75. The third-order valence-corrected chi connectivity index (χ3v) is 5.17. The van der Waals surface area contributed by atoms with Crippen LogP contribution >= 0.6 is 0 Å². The zero-order valence-electron chi connectivity index (χ0n) is 16.0. The van der Waals surface area contributed by atoms with Crippen LogP contribution in [0.5, 0.6) is 0 Å². The molecule has 4 rings (SSSR count). The van der Waals surface area contributed by atoms with Crippen molar-refractivity contribution in [2.24, 2.45) is 5.92 Å². The standard InChI is InChI=1S/C22H24N4O2/c1-2-16-7-9-18(10-8-16)23-22(27)17-5-3-13-26(15-17)21-12-11-19(24-25-21)20-6-4-14-28-20/h4,6-12,14,17H,2-3,5,13,15H2,1H3,(H,23,27). The molecule has 1 aliphatic rings. The topological polar surface area (TPSA) is 71.3 Å². The summed E-state index contributed by atoms with van der Waals surface area (Å²) in [5.41, 5.74) is 2.82. The van der Waals surface area contributed by atoms with Crippen LogP contribution in [0.2, 0.25) is 0 Å². The number of furan rings is 1. The molecular formula is C22H24N4O2. The molecule has 144 valence electrons. The summed E-state index contributed by atoms with van der Waals surface area (Å²) in [5.74, 6) is 1.49. The average Bonchev–Trinajstić information content (AvgIpc) is 3.29. The maximum Gasteiger partial charge on any atom is 0.229 e. The second-order valence-electron chi connectivity index (χ2n) is 7.08. The fraction of sp³-hybridized carbons (Fsp3) is 0.318. The van der Waals surface area contributed by atoms with E-state index in [-0.39, 0.29) is 11.8 Å². The lowest BCUT2D eigenvalue weighted by molar-refractivity contribution is -0.120. The van der Waals surface area contributed by atoms with E-state index in [2.05, 4.69) is 39.5 Å². The van der Waals surface area contributed by atoms with Crippen LogP contribution in [-0.2, 0) is 11.2 Å². The molecule has 6 nitrogen and oxygen atoms in total. The van der Waals surface area contributed by atoms with Crippen molar-refractivity contribution in [3.63, 3.8) is 0 Å². The molecule has 6 heteroatoms. The van der Waals surface area contributed by atoms with Gasteiger partial charge in [0, 0.05) is 18.8 Å². The normalized spacial score (nSPS) is 16.8. The number of hydrogen-bond donors (Lipinski definition) is 1. The maximum absolute atomic E-state index is 12.7. The van der Waals surface area contributed by atoms with Gasteiger partial charge < -0.3 is 14.6 Å². The van der Waals surface area contributed by atoms with E-state index in [1.165, 1.54) is 5.56 Å². The quantitative estimate of drug-likeness (QED) is 0.724. The van der Waals surface area contributed by atoms with E-state index in [9.17, 15) is 4.79 Å². The first-order chi connectivity index (χ1) is 13.7. The summed E-state index contributed by atoms with van der Waals surface area (Å²) in [6, 6.07) is 15.6. The van der Waals surface area contributed by atoms with Crippen LogP contribution in [0.15, 0.2) is 59.2 Å². The van der Waals surface area contributed by atoms with E-state index in [4.69, 9.17) is 4.42 Å². The zero-order valence-corrected chi connectivity index (χ0v) is 16.0. The van der Waals surface area contributed by atoms with Crippen molar-refractivity contribution in [1.29, 1.82) is 0 Å². The van der Waals surface area contributed by atoms with Gasteiger partial charge in [-0.3, -0.25) is 4.79 Å². The van der Waals surface area contributed by atoms with E-state index in [0.29, 0.717) is 18.0 Å². The van der Waals surface area contributed by atoms with Crippen LogP contribution in [-0.4, -0.2) is 29.2 Å². The smallest absolute Gasteiger partial charge is 0.229 e. The number of anilines is 2. The van der Waals surface area contributed by atoms with Gasteiger partial charge in [0.05, 0.1) is 12.2 Å². The minimum atomic E-state index is -0.0637. The molecule has 3 heterocycles. The van der Waals surface area contributed by atoms with Crippen LogP contribution in [0.3, 0.4) is 0 Å². The summed E-state index contributed by atoms with van der Waals surface area (Å²) in [6.45, 7) is 3.64. The highest BCUT2D eigenvalue weighted by atomic mass is 16.3. The molecule has 0 saturated carbocycles. The summed E-state index contributed by atoms with van der Waals surface area (Å²) in [4.78, 5) is 14.9. The van der Waals surface area contributed by atoms with Crippen LogP contribution in [0.25, 0.3) is 11.5 Å². The average molecular weight is 376 g/mol. The number of aryl methyl sites for hydroxylation is 1. The summed E-state index contributed by atoms with van der Waals surface area (Å²) in [7, 11) is 0. The van der Waals surface area contributed by atoms with Gasteiger partial charge in [-0.15, -0.1) is 10.2 Å². The zero-order chi connectivity index (χ0) is 19.3. The van der Waals surface area contributed by atoms with Gasteiger partial charge >= 0.3 is 0 Å². The van der Waals surface area contributed by atoms with Crippen LogP contribution in [0.1, 0.15) is 25.3 Å². The Morgan fingerprint density at radius 1 is 1.18 bits per heavy atom. The van der Waals surface area contributed by atoms with Gasteiger partial charge in [0.1, 0.15) is 5.69 Å². The minimum Gasteiger partial charge on any atom is -0.463 e. The molecule has 1 amide bonds. The largest absolute Gasteiger partial charge is 0.463 e. The molecule has 1 fully saturated rings. The number of amides is 1. The predicted octanol–water partition coefficient (Wildman–Crippen LogP) is 4.15. The molecule has 1 N–H and O–H groups in total. The van der Waals surface area contributed by atoms with Gasteiger partial charge in [-0.2, -0.15) is 0 Å². The number of aromatic nitrogens is 2. The monoisotopic (exact) mass is 376 g/mol. The Morgan fingerprint density at radius 3 is 2.71 bits per heavy atom. The number of nitrogens with zero attached hydrogens (tertiary/aromatic N) is 3. The van der Waals surface area contributed by atoms with Crippen molar-refractivity contribution in [3.05, 3.63) is 60.4 Å². The van der Waals surface area contributed by atoms with Gasteiger partial charge in [-0.25, -0.2) is 0 Å². The van der Waals surface area contributed by atoms with Gasteiger partial charge in [0.2, 0.25) is 5.91 Å². The third-order valence-electron chi connectivity index (χ3n) is 5.17. The highest BCUT2D eigenvalue weighted by Gasteiger charge is 2.27. The second kappa shape index (κ2) is 8.25. The first-order valence-corrected chi connectivity index (χ1v) is 9.75. The molecule has 1 aliphatic heterocycles. The number of carbonyl (C=O) groups is 1. The van der Waals surface area contributed by atoms with Gasteiger partial charge in [0.15, 0.2) is 11.6 Å². The number of nitrogens with one attached hydrogen (secondary N) is 1. The Hall–Kier alpha value is -3.15. The second-order valence-corrected chi connectivity index (χ2v) is 7.08. The van der Waals surface area contributed by atoms with Gasteiger partial charge in [0.25, 0.3) is 0 Å². The van der Waals surface area contributed by atoms with E-state index < -0.39 is 0 Å². The van der Waals surface area contributed by atoms with Crippen molar-refractivity contribution in [2.75, 3.05) is 23.3 Å². The number of rotatable bonds is 5. The van der Waals surface area contributed by atoms with Crippen LogP contribution < -0.4 is 10.2 Å². The molecule has 1 unspecified atom stereocenters. The van der Waals surface area contributed by atoms with Crippen molar-refractivity contribution in [3.8, 4) is 11.5 Å². The molecule has 0 aliphatic carbocycles. The molecule has 28 heavy (non-hydrogen) atoms. The lowest BCUT2D eigenvalue weighted by Crippen LogP contribution is -2.41. The van der Waals surface area contributed by atoms with Crippen molar-refractivity contribution in [2.45, 2.75) is 26.2 Å². The molecule has 3 aromatic rings. The van der Waals surface area contributed by atoms with E-state index in [0.717, 1.165) is 37.3 Å². The summed E-state index contributed by atoms with van der Waals surface area (Å²) >= 11 is 0. The van der Waals surface area contributed by atoms with Gasteiger partial charge in [-0.05, 0) is 61.2 Å². The highest BCUT2D eigenvalue weighted by molar-refractivity contribution is 5.93. The lowest BCUT2D eigenvalue weighted by Gasteiger charge is -2.32. The predicted molar refractivity (Wildman–Crippen MR) is 109 cm³/mol. The Morgan fingerprint density at radius 2 is 2.04 bits per heavy atom. The molecule has 0 bridgehead atoms. The number of hydrogen-bond acceptors (Lipinski definition) is 5. The molecule has 0 radical (unpaired) electrons. The third kappa shape index (κ3) is 4.06. The Bertz CT molecular complexity index is 905. The molecule has 1 atom stereocenters.